The molecule has 11 aromatic carbocycles. The minimum Gasteiger partial charge on any atom is -0.456 e. The summed E-state index contributed by atoms with van der Waals surface area (Å²) in [6.45, 7) is 0. The third kappa shape index (κ3) is 4.87. The van der Waals surface area contributed by atoms with Gasteiger partial charge in [0.15, 0.2) is 17.5 Å². The third-order valence-electron chi connectivity index (χ3n) is 12.2. The lowest BCUT2D eigenvalue weighted by atomic mass is 9.87. The van der Waals surface area contributed by atoms with Gasteiger partial charge in [-0.15, -0.1) is 0 Å². The Kier molecular flexibility index (Phi) is 6.69. The van der Waals surface area contributed by atoms with E-state index in [1.54, 1.807) is 0 Å². The molecule has 2 aromatic heterocycles. The minimum atomic E-state index is 0.587. The van der Waals surface area contributed by atoms with Gasteiger partial charge in [-0.25, -0.2) is 15.0 Å². The first-order valence-corrected chi connectivity index (χ1v) is 20.0. The van der Waals surface area contributed by atoms with Crippen molar-refractivity contribution < 1.29 is 4.42 Å². The summed E-state index contributed by atoms with van der Waals surface area (Å²) < 4.78 is 6.35. The minimum absolute atomic E-state index is 0.587. The highest BCUT2D eigenvalue weighted by Gasteiger charge is 2.19. The van der Waals surface area contributed by atoms with E-state index in [0.29, 0.717) is 17.5 Å². The number of hydrogen-bond acceptors (Lipinski definition) is 4. The number of nitrogens with zero attached hydrogens (tertiary/aromatic N) is 3. The SMILES string of the molecule is c1ccc(-c2ccc(-c3nc(-c4ccc5c(c4)oc4ccccc45)nc(-c4cc5ccc6cccc7c8cccc9ccc%10cccc(c(c4)c5c67)c%10c98)n3)cc2)cc1. The molecule has 0 atom stereocenters. The molecule has 0 radical (unpaired) electrons. The number of rotatable bonds is 4. The molecule has 0 spiro atoms. The van der Waals surface area contributed by atoms with Crippen molar-refractivity contribution in [3.63, 3.8) is 0 Å². The highest BCUT2D eigenvalue weighted by Crippen LogP contribution is 2.44. The average Bonchev–Trinajstić information content (AvgIpc) is 3.68. The van der Waals surface area contributed by atoms with Crippen LogP contribution in [0.2, 0.25) is 0 Å². The van der Waals surface area contributed by atoms with Crippen LogP contribution in [0.1, 0.15) is 0 Å². The van der Waals surface area contributed by atoms with E-state index in [1.807, 2.05) is 24.3 Å². The van der Waals surface area contributed by atoms with Gasteiger partial charge in [0.2, 0.25) is 0 Å². The van der Waals surface area contributed by atoms with Gasteiger partial charge in [-0.05, 0) is 106 Å². The second-order valence-electron chi connectivity index (χ2n) is 15.5. The molecule has 272 valence electrons. The van der Waals surface area contributed by atoms with Gasteiger partial charge in [0.05, 0.1) is 0 Å². The average molecular weight is 750 g/mol. The molecule has 0 saturated carbocycles. The van der Waals surface area contributed by atoms with E-state index >= 15 is 0 Å². The summed E-state index contributed by atoms with van der Waals surface area (Å²) in [7, 11) is 0. The molecule has 2 heterocycles. The molecule has 0 aliphatic heterocycles. The number of hydrogen-bond donors (Lipinski definition) is 0. The topological polar surface area (TPSA) is 51.8 Å². The second-order valence-corrected chi connectivity index (χ2v) is 15.5. The molecule has 0 aliphatic rings. The van der Waals surface area contributed by atoms with Gasteiger partial charge in [0.25, 0.3) is 0 Å². The van der Waals surface area contributed by atoms with Crippen LogP contribution in [-0.2, 0) is 0 Å². The first-order valence-electron chi connectivity index (χ1n) is 20.0. The van der Waals surface area contributed by atoms with Gasteiger partial charge < -0.3 is 4.42 Å². The molecule has 4 nitrogen and oxygen atoms in total. The van der Waals surface area contributed by atoms with Crippen molar-refractivity contribution in [2.24, 2.45) is 0 Å². The van der Waals surface area contributed by atoms with Crippen LogP contribution in [-0.4, -0.2) is 15.0 Å². The fraction of sp³-hybridized carbons (Fsp3) is 0. The summed E-state index contributed by atoms with van der Waals surface area (Å²) in [6, 6.07) is 67.1. The maximum absolute atomic E-state index is 6.35. The fourth-order valence-electron chi connectivity index (χ4n) is 9.48. The predicted octanol–water partition coefficient (Wildman–Crippen LogP) is 14.8. The van der Waals surface area contributed by atoms with Crippen molar-refractivity contribution in [2.75, 3.05) is 0 Å². The molecule has 0 saturated heterocycles. The van der Waals surface area contributed by atoms with Crippen LogP contribution >= 0.6 is 0 Å². The normalized spacial score (nSPS) is 12.1. The zero-order chi connectivity index (χ0) is 38.6. The lowest BCUT2D eigenvalue weighted by Gasteiger charge is -2.17. The van der Waals surface area contributed by atoms with Crippen LogP contribution in [0, 0.1) is 0 Å². The standard InChI is InChI=1S/C55H31N3O/c1-2-9-32(10-3-1)33-19-24-37(25-20-33)53-56-54(39-27-28-42-41-14-4-5-18-47(41)59-48(42)31-39)58-55(57-53)40-29-38-26-23-36-12-7-16-44-43-15-6-11-34-21-22-35-13-8-17-45(51(35)49(34)43)46(30-40)52(38)50(36)44/h1-31H. The van der Waals surface area contributed by atoms with E-state index in [-0.39, 0.29) is 0 Å². The summed E-state index contributed by atoms with van der Waals surface area (Å²) in [5.74, 6) is 1.81. The molecule has 59 heavy (non-hydrogen) atoms. The molecule has 13 aromatic rings. The Labute approximate surface area is 338 Å². The van der Waals surface area contributed by atoms with Crippen LogP contribution < -0.4 is 0 Å². The van der Waals surface area contributed by atoms with E-state index in [9.17, 15) is 0 Å². The first kappa shape index (κ1) is 32.2. The van der Waals surface area contributed by atoms with E-state index in [1.165, 1.54) is 59.2 Å². The molecule has 13 rings (SSSR count). The Hall–Kier alpha value is -7.95. The number of furan rings is 1. The molecule has 0 fully saturated rings. The largest absolute Gasteiger partial charge is 0.456 e. The smallest absolute Gasteiger partial charge is 0.164 e. The Morgan fingerprint density at radius 2 is 0.729 bits per heavy atom. The lowest BCUT2D eigenvalue weighted by molar-refractivity contribution is 0.669. The van der Waals surface area contributed by atoms with Crippen molar-refractivity contribution in [3.05, 3.63) is 188 Å². The van der Waals surface area contributed by atoms with Crippen molar-refractivity contribution in [3.8, 4) is 45.3 Å². The molecular weight excluding hydrogens is 719 g/mol. The van der Waals surface area contributed by atoms with E-state index in [0.717, 1.165) is 55.1 Å². The van der Waals surface area contributed by atoms with Crippen molar-refractivity contribution in [2.45, 2.75) is 0 Å². The van der Waals surface area contributed by atoms with Gasteiger partial charge in [-0.2, -0.15) is 0 Å². The predicted molar refractivity (Wildman–Crippen MR) is 245 cm³/mol. The van der Waals surface area contributed by atoms with Gasteiger partial charge in [0, 0.05) is 27.5 Å². The number of benzene rings is 10. The Balaban J connectivity index is 1.10. The van der Waals surface area contributed by atoms with Gasteiger partial charge in [0.1, 0.15) is 11.2 Å². The fourth-order valence-corrected chi connectivity index (χ4v) is 9.48. The van der Waals surface area contributed by atoms with Crippen molar-refractivity contribution in [1.82, 2.24) is 15.0 Å². The maximum atomic E-state index is 6.35. The molecule has 0 amide bonds. The van der Waals surface area contributed by atoms with E-state index < -0.39 is 0 Å². The van der Waals surface area contributed by atoms with Crippen LogP contribution in [0.15, 0.2) is 192 Å². The Bertz CT molecular complexity index is 3820. The Morgan fingerprint density at radius 1 is 0.254 bits per heavy atom. The van der Waals surface area contributed by atoms with Gasteiger partial charge in [-0.3, -0.25) is 0 Å². The Morgan fingerprint density at radius 3 is 1.41 bits per heavy atom. The molecular formula is C55H31N3O. The molecule has 0 N–H and O–H groups in total. The number of fused-ring (bicyclic) bond motifs is 5. The van der Waals surface area contributed by atoms with Crippen LogP contribution in [0.25, 0.3) is 132 Å². The monoisotopic (exact) mass is 749 g/mol. The summed E-state index contributed by atoms with van der Waals surface area (Å²) in [5, 5.41) is 16.9. The van der Waals surface area contributed by atoms with E-state index in [2.05, 4.69) is 164 Å². The van der Waals surface area contributed by atoms with Crippen molar-refractivity contribution in [1.29, 1.82) is 0 Å². The van der Waals surface area contributed by atoms with E-state index in [4.69, 9.17) is 19.4 Å². The van der Waals surface area contributed by atoms with Crippen LogP contribution in [0.5, 0.6) is 0 Å². The van der Waals surface area contributed by atoms with Gasteiger partial charge in [-0.1, -0.05) is 158 Å². The second kappa shape index (κ2) is 12.3. The number of para-hydroxylation sites is 1. The first-order chi connectivity index (χ1) is 29.2. The summed E-state index contributed by atoms with van der Waals surface area (Å²) >= 11 is 0. The highest BCUT2D eigenvalue weighted by atomic mass is 16.3. The van der Waals surface area contributed by atoms with Crippen LogP contribution in [0.3, 0.4) is 0 Å². The maximum Gasteiger partial charge on any atom is 0.164 e. The number of aromatic nitrogens is 3. The van der Waals surface area contributed by atoms with Gasteiger partial charge >= 0.3 is 0 Å². The van der Waals surface area contributed by atoms with Crippen molar-refractivity contribution >= 4 is 86.6 Å². The molecule has 0 aliphatic carbocycles. The summed E-state index contributed by atoms with van der Waals surface area (Å²) in [6.07, 6.45) is 0. The quantitative estimate of drug-likeness (QED) is 0.168. The third-order valence-corrected chi connectivity index (χ3v) is 12.2. The zero-order valence-corrected chi connectivity index (χ0v) is 31.6. The summed E-state index contributed by atoms with van der Waals surface area (Å²) in [5.41, 5.74) is 6.66. The molecule has 0 bridgehead atoms. The highest BCUT2D eigenvalue weighted by molar-refractivity contribution is 6.37. The molecule has 0 unspecified atom stereocenters. The zero-order valence-electron chi connectivity index (χ0n) is 31.6. The lowest BCUT2D eigenvalue weighted by Crippen LogP contribution is -2.00. The summed E-state index contributed by atoms with van der Waals surface area (Å²) in [4.78, 5) is 15.7. The van der Waals surface area contributed by atoms with Crippen LogP contribution in [0.4, 0.5) is 0 Å². The molecule has 4 heteroatoms.